The number of nitrogens with one attached hydrogen (secondary N) is 1. The van der Waals surface area contributed by atoms with Gasteiger partial charge >= 0.3 is 0 Å². The molecule has 19 heavy (non-hydrogen) atoms. The molecule has 0 spiro atoms. The third-order valence-electron chi connectivity index (χ3n) is 3.28. The SMILES string of the molecule is CCOC(C(CCc1cnn(C)c1)NN)C(C)(C)C. The fourth-order valence-corrected chi connectivity index (χ4v) is 2.39. The van der Waals surface area contributed by atoms with Crippen LogP contribution in [0.15, 0.2) is 12.4 Å². The molecule has 0 radical (unpaired) electrons. The van der Waals surface area contributed by atoms with Gasteiger partial charge in [0.25, 0.3) is 0 Å². The molecule has 110 valence electrons. The Kier molecular flexibility index (Phi) is 5.97. The van der Waals surface area contributed by atoms with Gasteiger partial charge in [0.2, 0.25) is 0 Å². The van der Waals surface area contributed by atoms with Crippen LogP contribution in [0, 0.1) is 5.41 Å². The Bertz CT molecular complexity index is 370. The van der Waals surface area contributed by atoms with E-state index in [-0.39, 0.29) is 17.6 Å². The number of ether oxygens (including phenoxy) is 1. The van der Waals surface area contributed by atoms with E-state index in [1.54, 1.807) is 0 Å². The Balaban J connectivity index is 2.64. The second kappa shape index (κ2) is 7.03. The van der Waals surface area contributed by atoms with Crippen LogP contribution >= 0.6 is 0 Å². The number of hydrazine groups is 1. The Labute approximate surface area is 116 Å². The lowest BCUT2D eigenvalue weighted by molar-refractivity contribution is -0.0373. The molecule has 0 fully saturated rings. The summed E-state index contributed by atoms with van der Waals surface area (Å²) in [4.78, 5) is 0. The molecule has 0 aliphatic rings. The molecule has 0 aliphatic carbocycles. The summed E-state index contributed by atoms with van der Waals surface area (Å²) in [6.07, 6.45) is 5.92. The van der Waals surface area contributed by atoms with Crippen molar-refractivity contribution in [1.29, 1.82) is 0 Å². The van der Waals surface area contributed by atoms with E-state index in [1.807, 2.05) is 31.0 Å². The average Bonchev–Trinajstić information content (AvgIpc) is 2.73. The highest BCUT2D eigenvalue weighted by molar-refractivity contribution is 5.04. The summed E-state index contributed by atoms with van der Waals surface area (Å²) in [5, 5.41) is 4.18. The lowest BCUT2D eigenvalue weighted by atomic mass is 9.83. The van der Waals surface area contributed by atoms with Gasteiger partial charge < -0.3 is 4.74 Å². The summed E-state index contributed by atoms with van der Waals surface area (Å²) < 4.78 is 7.71. The van der Waals surface area contributed by atoms with Gasteiger partial charge in [0, 0.05) is 25.9 Å². The predicted molar refractivity (Wildman–Crippen MR) is 77.5 cm³/mol. The monoisotopic (exact) mass is 268 g/mol. The second-order valence-electron chi connectivity index (χ2n) is 6.08. The highest BCUT2D eigenvalue weighted by atomic mass is 16.5. The molecule has 2 atom stereocenters. The molecule has 0 bridgehead atoms. The zero-order chi connectivity index (χ0) is 14.5. The molecule has 1 aromatic heterocycles. The summed E-state index contributed by atoms with van der Waals surface area (Å²) in [6, 6.07) is 0.139. The van der Waals surface area contributed by atoms with Crippen molar-refractivity contribution in [3.05, 3.63) is 18.0 Å². The molecule has 2 unspecified atom stereocenters. The molecule has 0 saturated heterocycles. The molecular weight excluding hydrogens is 240 g/mol. The van der Waals surface area contributed by atoms with Gasteiger partial charge in [-0.3, -0.25) is 16.0 Å². The van der Waals surface area contributed by atoms with Crippen molar-refractivity contribution in [3.63, 3.8) is 0 Å². The fraction of sp³-hybridized carbons (Fsp3) is 0.786. The molecule has 1 rings (SSSR count). The standard InChI is InChI=1S/C14H28N4O/c1-6-19-13(14(2,3)4)12(17-15)8-7-11-9-16-18(5)10-11/h9-10,12-13,17H,6-8,15H2,1-5H3. The summed E-state index contributed by atoms with van der Waals surface area (Å²) in [5.74, 6) is 5.72. The molecule has 5 heteroatoms. The van der Waals surface area contributed by atoms with E-state index in [1.165, 1.54) is 5.56 Å². The van der Waals surface area contributed by atoms with E-state index in [0.29, 0.717) is 6.61 Å². The van der Waals surface area contributed by atoms with Crippen LogP contribution in [0.3, 0.4) is 0 Å². The number of nitrogens with two attached hydrogens (primary N) is 1. The van der Waals surface area contributed by atoms with Crippen LogP contribution in [0.4, 0.5) is 0 Å². The molecule has 0 saturated carbocycles. The van der Waals surface area contributed by atoms with Crippen molar-refractivity contribution >= 4 is 0 Å². The lowest BCUT2D eigenvalue weighted by Gasteiger charge is -2.36. The van der Waals surface area contributed by atoms with Gasteiger partial charge in [0.1, 0.15) is 0 Å². The van der Waals surface area contributed by atoms with Crippen LogP contribution < -0.4 is 11.3 Å². The Hall–Kier alpha value is -0.910. The quantitative estimate of drug-likeness (QED) is 0.583. The number of rotatable bonds is 7. The van der Waals surface area contributed by atoms with E-state index in [4.69, 9.17) is 10.6 Å². The average molecular weight is 268 g/mol. The second-order valence-corrected chi connectivity index (χ2v) is 6.08. The zero-order valence-electron chi connectivity index (χ0n) is 12.8. The predicted octanol–water partition coefficient (Wildman–Crippen LogP) is 1.64. The minimum absolute atomic E-state index is 0.0575. The highest BCUT2D eigenvalue weighted by Crippen LogP contribution is 2.26. The maximum Gasteiger partial charge on any atom is 0.0789 e. The van der Waals surface area contributed by atoms with Crippen molar-refractivity contribution < 1.29 is 4.74 Å². The maximum absolute atomic E-state index is 5.89. The van der Waals surface area contributed by atoms with E-state index in [2.05, 4.69) is 31.3 Å². The molecule has 0 aromatic carbocycles. The van der Waals surface area contributed by atoms with Gasteiger partial charge in [-0.15, -0.1) is 0 Å². The number of aryl methyl sites for hydroxylation is 2. The first-order valence-corrected chi connectivity index (χ1v) is 6.93. The summed E-state index contributed by atoms with van der Waals surface area (Å²) in [6.45, 7) is 9.27. The van der Waals surface area contributed by atoms with Gasteiger partial charge in [-0.05, 0) is 30.7 Å². The molecule has 1 heterocycles. The minimum atomic E-state index is 0.0575. The number of hydrogen-bond acceptors (Lipinski definition) is 4. The Morgan fingerprint density at radius 1 is 1.47 bits per heavy atom. The summed E-state index contributed by atoms with van der Waals surface area (Å²) in [7, 11) is 1.93. The number of hydrogen-bond donors (Lipinski definition) is 2. The van der Waals surface area contributed by atoms with Crippen LogP contribution in [0.25, 0.3) is 0 Å². The van der Waals surface area contributed by atoms with E-state index in [9.17, 15) is 0 Å². The molecule has 3 N–H and O–H groups in total. The summed E-state index contributed by atoms with van der Waals surface area (Å²) in [5.41, 5.74) is 4.20. The topological polar surface area (TPSA) is 65.1 Å². The van der Waals surface area contributed by atoms with Crippen molar-refractivity contribution in [3.8, 4) is 0 Å². The first-order valence-electron chi connectivity index (χ1n) is 6.93. The van der Waals surface area contributed by atoms with Gasteiger partial charge in [-0.25, -0.2) is 0 Å². The lowest BCUT2D eigenvalue weighted by Crippen LogP contribution is -2.51. The van der Waals surface area contributed by atoms with E-state index < -0.39 is 0 Å². The Morgan fingerprint density at radius 2 is 2.16 bits per heavy atom. The van der Waals surface area contributed by atoms with Crippen molar-refractivity contribution in [2.24, 2.45) is 18.3 Å². The molecule has 5 nitrogen and oxygen atoms in total. The first kappa shape index (κ1) is 16.1. The van der Waals surface area contributed by atoms with Gasteiger partial charge in [0.15, 0.2) is 0 Å². The summed E-state index contributed by atoms with van der Waals surface area (Å²) >= 11 is 0. The Morgan fingerprint density at radius 3 is 2.58 bits per heavy atom. The van der Waals surface area contributed by atoms with Crippen LogP contribution in [-0.2, 0) is 18.2 Å². The van der Waals surface area contributed by atoms with E-state index in [0.717, 1.165) is 12.8 Å². The first-order chi connectivity index (χ1) is 8.88. The molecular formula is C14H28N4O. The smallest absolute Gasteiger partial charge is 0.0789 e. The minimum Gasteiger partial charge on any atom is -0.376 e. The largest absolute Gasteiger partial charge is 0.376 e. The highest BCUT2D eigenvalue weighted by Gasteiger charge is 2.32. The van der Waals surface area contributed by atoms with Gasteiger partial charge in [0.05, 0.1) is 12.3 Å². The number of aromatic nitrogens is 2. The van der Waals surface area contributed by atoms with E-state index >= 15 is 0 Å². The van der Waals surface area contributed by atoms with Crippen LogP contribution in [0.5, 0.6) is 0 Å². The van der Waals surface area contributed by atoms with Gasteiger partial charge in [-0.2, -0.15) is 5.10 Å². The van der Waals surface area contributed by atoms with Crippen molar-refractivity contribution in [2.45, 2.75) is 52.7 Å². The number of nitrogens with zero attached hydrogens (tertiary/aromatic N) is 2. The molecule has 0 amide bonds. The van der Waals surface area contributed by atoms with Crippen molar-refractivity contribution in [1.82, 2.24) is 15.2 Å². The van der Waals surface area contributed by atoms with Crippen LogP contribution in [-0.4, -0.2) is 28.5 Å². The third kappa shape index (κ3) is 4.93. The van der Waals surface area contributed by atoms with Crippen LogP contribution in [0.1, 0.15) is 39.7 Å². The van der Waals surface area contributed by atoms with Crippen LogP contribution in [0.2, 0.25) is 0 Å². The third-order valence-corrected chi connectivity index (χ3v) is 3.28. The zero-order valence-corrected chi connectivity index (χ0v) is 12.8. The van der Waals surface area contributed by atoms with Crippen molar-refractivity contribution in [2.75, 3.05) is 6.61 Å². The fourth-order valence-electron chi connectivity index (χ4n) is 2.39. The normalized spacial score (nSPS) is 15.5. The molecule has 0 aliphatic heterocycles. The maximum atomic E-state index is 5.89. The molecule has 1 aromatic rings. The van der Waals surface area contributed by atoms with Gasteiger partial charge in [-0.1, -0.05) is 20.8 Å².